The summed E-state index contributed by atoms with van der Waals surface area (Å²) in [6.45, 7) is 2.53. The van der Waals surface area contributed by atoms with E-state index in [1.165, 1.54) is 44.8 Å². The fourth-order valence-corrected chi connectivity index (χ4v) is 4.81. The van der Waals surface area contributed by atoms with Gasteiger partial charge in [0.15, 0.2) is 5.96 Å². The van der Waals surface area contributed by atoms with E-state index in [1.807, 2.05) is 7.05 Å². The Morgan fingerprint density at radius 3 is 2.34 bits per heavy atom. The highest BCUT2D eigenvalue weighted by Crippen LogP contribution is 2.39. The third-order valence-electron chi connectivity index (χ3n) is 6.64. The molecule has 1 N–H and O–H groups in total. The average Bonchev–Trinajstić information content (AvgIpc) is 2.80. The van der Waals surface area contributed by atoms with Crippen LogP contribution in [0.1, 0.15) is 50.5 Å². The number of rotatable bonds is 5. The molecule has 0 aromatic heterocycles. The number of hydrogen-bond donors (Lipinski definition) is 1. The Hall–Kier alpha value is -2.24. The summed E-state index contributed by atoms with van der Waals surface area (Å²) in [4.78, 5) is 18.6. The molecule has 0 radical (unpaired) electrons. The normalized spacial score (nSPS) is 20.2. The van der Waals surface area contributed by atoms with Crippen LogP contribution in [0.2, 0.25) is 0 Å². The quantitative estimate of drug-likeness (QED) is 0.466. The van der Waals surface area contributed by atoms with Gasteiger partial charge in [0.1, 0.15) is 5.75 Å². The van der Waals surface area contributed by atoms with Crippen LogP contribution in [0.25, 0.3) is 0 Å². The molecule has 1 saturated carbocycles. The van der Waals surface area contributed by atoms with Crippen molar-refractivity contribution in [2.24, 2.45) is 10.9 Å². The van der Waals surface area contributed by atoms with Crippen molar-refractivity contribution in [2.75, 3.05) is 40.9 Å². The number of methoxy groups -OCH3 is 2. The number of nitrogens with zero attached hydrogens (tertiary/aromatic N) is 2. The van der Waals surface area contributed by atoms with Crippen molar-refractivity contribution in [1.82, 2.24) is 10.2 Å². The van der Waals surface area contributed by atoms with E-state index in [0.29, 0.717) is 0 Å². The van der Waals surface area contributed by atoms with Gasteiger partial charge in [0, 0.05) is 32.1 Å². The molecule has 1 aliphatic heterocycles. The van der Waals surface area contributed by atoms with Crippen molar-refractivity contribution < 1.29 is 14.3 Å². The molecule has 1 aliphatic carbocycles. The first kappa shape index (κ1) is 21.5. The molecule has 1 aromatic rings. The molecule has 1 saturated heterocycles. The van der Waals surface area contributed by atoms with Gasteiger partial charge in [-0.3, -0.25) is 9.79 Å². The van der Waals surface area contributed by atoms with E-state index in [9.17, 15) is 4.79 Å². The van der Waals surface area contributed by atoms with Crippen LogP contribution in [0.15, 0.2) is 29.3 Å². The Morgan fingerprint density at radius 2 is 1.79 bits per heavy atom. The first-order valence-corrected chi connectivity index (χ1v) is 10.8. The second-order valence-electron chi connectivity index (χ2n) is 8.25. The molecular formula is C23H35N3O3. The zero-order chi connectivity index (χ0) is 20.7. The summed E-state index contributed by atoms with van der Waals surface area (Å²) in [5.74, 6) is 1.76. The standard InChI is InChI=1S/C23H35N3O3/c1-24-22(26-15-11-18(12-16-26)21(27)29-3)25-17-23(13-5-4-6-14-23)19-7-9-20(28-2)10-8-19/h7-10,18H,4-6,11-17H2,1-3H3,(H,24,25). The van der Waals surface area contributed by atoms with E-state index in [4.69, 9.17) is 9.47 Å². The predicted octanol–water partition coefficient (Wildman–Crippen LogP) is 3.36. The molecule has 6 nitrogen and oxygen atoms in total. The molecule has 1 heterocycles. The van der Waals surface area contributed by atoms with Crippen LogP contribution in [-0.2, 0) is 14.9 Å². The van der Waals surface area contributed by atoms with Gasteiger partial charge in [-0.05, 0) is 43.4 Å². The Labute approximate surface area is 174 Å². The summed E-state index contributed by atoms with van der Waals surface area (Å²) < 4.78 is 10.2. The number of nitrogens with one attached hydrogen (secondary N) is 1. The van der Waals surface area contributed by atoms with Gasteiger partial charge in [-0.2, -0.15) is 0 Å². The molecule has 0 amide bonds. The minimum atomic E-state index is -0.0896. The molecule has 6 heteroatoms. The third kappa shape index (κ3) is 5.03. The van der Waals surface area contributed by atoms with Gasteiger partial charge in [-0.15, -0.1) is 0 Å². The zero-order valence-corrected chi connectivity index (χ0v) is 18.1. The minimum absolute atomic E-state index is 0.0124. The number of esters is 1. The zero-order valence-electron chi connectivity index (χ0n) is 18.1. The van der Waals surface area contributed by atoms with E-state index in [2.05, 4.69) is 39.5 Å². The molecular weight excluding hydrogens is 366 g/mol. The maximum absolute atomic E-state index is 11.8. The van der Waals surface area contributed by atoms with E-state index < -0.39 is 0 Å². The number of ether oxygens (including phenoxy) is 2. The fraction of sp³-hybridized carbons (Fsp3) is 0.652. The number of benzene rings is 1. The number of likely N-dealkylation sites (tertiary alicyclic amines) is 1. The van der Waals surface area contributed by atoms with Crippen molar-refractivity contribution >= 4 is 11.9 Å². The van der Waals surface area contributed by atoms with Crippen molar-refractivity contribution in [1.29, 1.82) is 0 Å². The summed E-state index contributed by atoms with van der Waals surface area (Å²) in [6.07, 6.45) is 7.84. The van der Waals surface area contributed by atoms with Crippen LogP contribution < -0.4 is 10.1 Å². The largest absolute Gasteiger partial charge is 0.497 e. The highest BCUT2D eigenvalue weighted by molar-refractivity contribution is 5.80. The highest BCUT2D eigenvalue weighted by Gasteiger charge is 2.35. The molecule has 0 spiro atoms. The van der Waals surface area contributed by atoms with Gasteiger partial charge in [-0.1, -0.05) is 31.4 Å². The summed E-state index contributed by atoms with van der Waals surface area (Å²) >= 11 is 0. The van der Waals surface area contributed by atoms with Gasteiger partial charge in [0.2, 0.25) is 0 Å². The monoisotopic (exact) mass is 401 g/mol. The van der Waals surface area contributed by atoms with Crippen LogP contribution in [0.3, 0.4) is 0 Å². The predicted molar refractivity (Wildman–Crippen MR) is 115 cm³/mol. The Bertz CT molecular complexity index is 688. The number of carbonyl (C=O) groups excluding carboxylic acids is 1. The average molecular weight is 402 g/mol. The molecule has 3 rings (SSSR count). The van der Waals surface area contributed by atoms with Crippen LogP contribution in [0, 0.1) is 5.92 Å². The van der Waals surface area contributed by atoms with Crippen molar-refractivity contribution in [3.05, 3.63) is 29.8 Å². The molecule has 160 valence electrons. The summed E-state index contributed by atoms with van der Waals surface area (Å²) in [5, 5.41) is 3.66. The topological polar surface area (TPSA) is 63.2 Å². The lowest BCUT2D eigenvalue weighted by Gasteiger charge is -2.40. The van der Waals surface area contributed by atoms with Gasteiger partial charge in [0.25, 0.3) is 0 Å². The first-order valence-electron chi connectivity index (χ1n) is 10.8. The Morgan fingerprint density at radius 1 is 1.14 bits per heavy atom. The van der Waals surface area contributed by atoms with Crippen LogP contribution in [-0.4, -0.2) is 57.7 Å². The van der Waals surface area contributed by atoms with E-state index >= 15 is 0 Å². The van der Waals surface area contributed by atoms with Crippen LogP contribution >= 0.6 is 0 Å². The van der Waals surface area contributed by atoms with E-state index in [-0.39, 0.29) is 17.3 Å². The fourth-order valence-electron chi connectivity index (χ4n) is 4.81. The van der Waals surface area contributed by atoms with Gasteiger partial charge < -0.3 is 19.7 Å². The van der Waals surface area contributed by atoms with Crippen molar-refractivity contribution in [3.63, 3.8) is 0 Å². The van der Waals surface area contributed by atoms with Gasteiger partial charge >= 0.3 is 5.97 Å². The number of piperidine rings is 1. The lowest BCUT2D eigenvalue weighted by Crippen LogP contribution is -2.50. The number of carbonyl (C=O) groups is 1. The van der Waals surface area contributed by atoms with Gasteiger partial charge in [-0.25, -0.2) is 0 Å². The minimum Gasteiger partial charge on any atom is -0.497 e. The SMILES string of the molecule is CN=C(NCC1(c2ccc(OC)cc2)CCCCC1)N1CCC(C(=O)OC)CC1. The summed E-state index contributed by atoms with van der Waals surface area (Å²) in [5.41, 5.74) is 1.51. The van der Waals surface area contributed by atoms with E-state index in [0.717, 1.165) is 44.2 Å². The first-order chi connectivity index (χ1) is 14.1. The Kier molecular flexibility index (Phi) is 7.40. The summed E-state index contributed by atoms with van der Waals surface area (Å²) in [7, 11) is 5.02. The van der Waals surface area contributed by atoms with Gasteiger partial charge in [0.05, 0.1) is 20.1 Å². The molecule has 0 bridgehead atoms. The highest BCUT2D eigenvalue weighted by atomic mass is 16.5. The van der Waals surface area contributed by atoms with Crippen molar-refractivity contribution in [3.8, 4) is 5.75 Å². The lowest BCUT2D eigenvalue weighted by molar-refractivity contribution is -0.146. The molecule has 2 fully saturated rings. The van der Waals surface area contributed by atoms with E-state index in [1.54, 1.807) is 7.11 Å². The summed E-state index contributed by atoms with van der Waals surface area (Å²) in [6, 6.07) is 8.57. The van der Waals surface area contributed by atoms with Crippen molar-refractivity contribution in [2.45, 2.75) is 50.4 Å². The second-order valence-corrected chi connectivity index (χ2v) is 8.25. The number of hydrogen-bond acceptors (Lipinski definition) is 4. The maximum atomic E-state index is 11.8. The van der Waals surface area contributed by atoms with Crippen LogP contribution in [0.4, 0.5) is 0 Å². The number of guanidine groups is 1. The molecule has 29 heavy (non-hydrogen) atoms. The molecule has 0 atom stereocenters. The molecule has 1 aromatic carbocycles. The van der Waals surface area contributed by atoms with Crippen LogP contribution in [0.5, 0.6) is 5.75 Å². The lowest BCUT2D eigenvalue weighted by atomic mass is 9.69. The number of aliphatic imine (C=N–C) groups is 1. The maximum Gasteiger partial charge on any atom is 0.308 e. The third-order valence-corrected chi connectivity index (χ3v) is 6.64. The smallest absolute Gasteiger partial charge is 0.308 e. The second kappa shape index (κ2) is 9.99. The molecule has 2 aliphatic rings. The Balaban J connectivity index is 1.66. The molecule has 0 unspecified atom stereocenters.